The third-order valence-electron chi connectivity index (χ3n) is 6.12. The number of aliphatic imine (C=N–C) groups is 1. The van der Waals surface area contributed by atoms with Crippen LogP contribution in [0.1, 0.15) is 56.9 Å². The molecule has 8 heteroatoms. The molecule has 0 unspecified atom stereocenters. The molecule has 190 valence electrons. The fraction of sp³-hybridized carbons (Fsp3) is 0.310. The van der Waals surface area contributed by atoms with E-state index in [1.807, 2.05) is 24.4 Å². The van der Waals surface area contributed by atoms with E-state index in [2.05, 4.69) is 56.7 Å². The summed E-state index contributed by atoms with van der Waals surface area (Å²) in [5.74, 6) is 0. The van der Waals surface area contributed by atoms with Gasteiger partial charge in [0.05, 0.1) is 15.5 Å². The zero-order valence-corrected chi connectivity index (χ0v) is 23.9. The van der Waals surface area contributed by atoms with Crippen LogP contribution < -0.4 is 5.32 Å². The van der Waals surface area contributed by atoms with Crippen LogP contribution in [0.3, 0.4) is 0 Å². The molecule has 0 saturated carbocycles. The highest BCUT2D eigenvalue weighted by molar-refractivity contribution is 7.22. The first-order valence-electron chi connectivity index (χ1n) is 12.4. The fourth-order valence-corrected chi connectivity index (χ4v) is 6.92. The molecule has 0 spiro atoms. The predicted molar refractivity (Wildman–Crippen MR) is 161 cm³/mol. The van der Waals surface area contributed by atoms with Gasteiger partial charge < -0.3 is 5.32 Å². The number of halogens is 1. The molecule has 4 heterocycles. The van der Waals surface area contributed by atoms with E-state index in [4.69, 9.17) is 26.6 Å². The molecule has 0 radical (unpaired) electrons. The summed E-state index contributed by atoms with van der Waals surface area (Å²) < 4.78 is 0. The van der Waals surface area contributed by atoms with Gasteiger partial charge in [0.1, 0.15) is 22.4 Å². The molecule has 5 nitrogen and oxygen atoms in total. The van der Waals surface area contributed by atoms with Crippen molar-refractivity contribution in [2.75, 3.05) is 5.32 Å². The van der Waals surface area contributed by atoms with Gasteiger partial charge in [0.15, 0.2) is 5.13 Å². The zero-order chi connectivity index (χ0) is 26.2. The average molecular weight is 548 g/mol. The maximum absolute atomic E-state index is 6.32. The lowest BCUT2D eigenvalue weighted by Gasteiger charge is -2.19. The van der Waals surface area contributed by atoms with Crippen molar-refractivity contribution in [3.63, 3.8) is 0 Å². The Bertz CT molecular complexity index is 1540. The van der Waals surface area contributed by atoms with Gasteiger partial charge in [-0.15, -0.1) is 17.9 Å². The van der Waals surface area contributed by atoms with Gasteiger partial charge in [-0.3, -0.25) is 4.99 Å². The maximum Gasteiger partial charge on any atom is 0.185 e. The number of nitrogens with one attached hydrogen (secondary N) is 1. The fourth-order valence-electron chi connectivity index (χ4n) is 4.46. The van der Waals surface area contributed by atoms with E-state index in [9.17, 15) is 0 Å². The molecule has 1 aromatic carbocycles. The number of rotatable bonds is 7. The van der Waals surface area contributed by atoms with Crippen molar-refractivity contribution >= 4 is 61.7 Å². The van der Waals surface area contributed by atoms with E-state index < -0.39 is 0 Å². The van der Waals surface area contributed by atoms with Crippen LogP contribution in [0.2, 0.25) is 5.02 Å². The summed E-state index contributed by atoms with van der Waals surface area (Å²) in [7, 11) is 0. The zero-order valence-electron chi connectivity index (χ0n) is 21.6. The van der Waals surface area contributed by atoms with Gasteiger partial charge in [-0.05, 0) is 88.3 Å². The van der Waals surface area contributed by atoms with E-state index >= 15 is 0 Å². The van der Waals surface area contributed by atoms with Crippen molar-refractivity contribution in [2.45, 2.75) is 58.9 Å². The minimum Gasteiger partial charge on any atom is -0.357 e. The summed E-state index contributed by atoms with van der Waals surface area (Å²) in [5, 5.41) is 5.06. The Morgan fingerprint density at radius 2 is 1.97 bits per heavy atom. The van der Waals surface area contributed by atoms with Crippen LogP contribution in [-0.2, 0) is 0 Å². The van der Waals surface area contributed by atoms with E-state index in [0.717, 1.165) is 84.0 Å². The third kappa shape index (κ3) is 5.54. The minimum atomic E-state index is -0.0931. The van der Waals surface area contributed by atoms with E-state index in [1.54, 1.807) is 29.0 Å². The first-order chi connectivity index (χ1) is 17.7. The van der Waals surface area contributed by atoms with E-state index in [0.29, 0.717) is 0 Å². The van der Waals surface area contributed by atoms with Gasteiger partial charge in [-0.25, -0.2) is 15.0 Å². The number of aryl methyl sites for hydroxylation is 1. The van der Waals surface area contributed by atoms with Crippen molar-refractivity contribution in [3.05, 3.63) is 64.3 Å². The Kier molecular flexibility index (Phi) is 7.30. The number of nitrogens with zero attached hydrogens (tertiary/aromatic N) is 4. The van der Waals surface area contributed by atoms with Crippen molar-refractivity contribution in [1.29, 1.82) is 0 Å². The highest BCUT2D eigenvalue weighted by Crippen LogP contribution is 2.46. The lowest BCUT2D eigenvalue weighted by Crippen LogP contribution is -2.25. The lowest BCUT2D eigenvalue weighted by atomic mass is 9.95. The number of hydrogen-bond acceptors (Lipinski definition) is 7. The van der Waals surface area contributed by atoms with Crippen LogP contribution in [0, 0.1) is 6.92 Å². The summed E-state index contributed by atoms with van der Waals surface area (Å²) in [6.45, 7) is 12.4. The number of thiophene rings is 1. The number of allylic oxidation sites excluding steroid dienone is 2. The summed E-state index contributed by atoms with van der Waals surface area (Å²) in [6.07, 6.45) is 9.55. The maximum atomic E-state index is 6.32. The largest absolute Gasteiger partial charge is 0.357 e. The normalized spacial score (nSPS) is 14.0. The minimum absolute atomic E-state index is 0.0931. The number of anilines is 1. The first kappa shape index (κ1) is 25.8. The number of fused-ring (bicyclic) bond motifs is 1. The number of benzene rings is 1. The van der Waals surface area contributed by atoms with Crippen LogP contribution in [0.5, 0.6) is 0 Å². The van der Waals surface area contributed by atoms with Crippen molar-refractivity contribution < 1.29 is 0 Å². The standard InChI is InChI=1S/C29H30ClN5S2/c1-6-7-9-18-10-8-13-31-23(18)26-21(20-12-11-19(30)14-17(20)2)15-22(36-26)24-25-27(33-16-32-24)37-28(34-25)35-29(3,4)5/h6,11-16H,1,7-10H2,2-5H3,(H,34,35). The average Bonchev–Trinajstić information content (AvgIpc) is 3.45. The van der Waals surface area contributed by atoms with E-state index in [-0.39, 0.29) is 5.54 Å². The van der Waals surface area contributed by atoms with Gasteiger partial charge >= 0.3 is 0 Å². The molecule has 0 atom stereocenters. The molecule has 37 heavy (non-hydrogen) atoms. The monoisotopic (exact) mass is 547 g/mol. The first-order valence-corrected chi connectivity index (χ1v) is 14.4. The number of thiazole rings is 1. The highest BCUT2D eigenvalue weighted by Gasteiger charge is 2.23. The van der Waals surface area contributed by atoms with Gasteiger partial charge in [0, 0.05) is 22.3 Å². The number of hydrogen-bond donors (Lipinski definition) is 1. The quantitative estimate of drug-likeness (QED) is 0.234. The van der Waals surface area contributed by atoms with Crippen LogP contribution >= 0.6 is 34.3 Å². The summed E-state index contributed by atoms with van der Waals surface area (Å²) in [6, 6.07) is 8.31. The SMILES string of the molecule is C=CCCC1=C(c2sc(-c3ncnc4sc(NC(C)(C)C)nc34)cc2-c2ccc(Cl)cc2C)N=CCC1. The smallest absolute Gasteiger partial charge is 0.185 e. The second-order valence-corrected chi connectivity index (χ2v) is 12.7. The molecule has 1 aliphatic rings. The Morgan fingerprint density at radius 1 is 1.14 bits per heavy atom. The van der Waals surface area contributed by atoms with Gasteiger partial charge in [0.2, 0.25) is 0 Å². The highest BCUT2D eigenvalue weighted by atomic mass is 35.5. The Morgan fingerprint density at radius 3 is 2.73 bits per heavy atom. The van der Waals surface area contributed by atoms with Crippen LogP contribution in [-0.4, -0.2) is 26.7 Å². The van der Waals surface area contributed by atoms with Crippen LogP contribution in [0.4, 0.5) is 5.13 Å². The molecule has 1 aliphatic heterocycles. The Balaban J connectivity index is 1.71. The third-order valence-corrected chi connectivity index (χ3v) is 8.38. The Labute approximate surface area is 231 Å². The lowest BCUT2D eigenvalue weighted by molar-refractivity contribution is 0.633. The molecule has 0 aliphatic carbocycles. The summed E-state index contributed by atoms with van der Waals surface area (Å²) in [5.41, 5.74) is 7.45. The predicted octanol–water partition coefficient (Wildman–Crippen LogP) is 9.20. The van der Waals surface area contributed by atoms with Crippen LogP contribution in [0.15, 0.2) is 53.8 Å². The summed E-state index contributed by atoms with van der Waals surface area (Å²) in [4.78, 5) is 22.1. The molecule has 0 bridgehead atoms. The van der Waals surface area contributed by atoms with Gasteiger partial charge in [-0.2, -0.15) is 0 Å². The molecule has 3 aromatic heterocycles. The Hall–Kier alpha value is -2.87. The second-order valence-electron chi connectivity index (χ2n) is 10.2. The van der Waals surface area contributed by atoms with Crippen LogP contribution in [0.25, 0.3) is 37.7 Å². The molecule has 0 saturated heterocycles. The van der Waals surface area contributed by atoms with Gasteiger partial charge in [0.25, 0.3) is 0 Å². The van der Waals surface area contributed by atoms with Gasteiger partial charge in [-0.1, -0.05) is 35.1 Å². The molecule has 0 fully saturated rings. The molecule has 1 N–H and O–H groups in total. The second kappa shape index (κ2) is 10.5. The summed E-state index contributed by atoms with van der Waals surface area (Å²) >= 11 is 9.60. The molecular weight excluding hydrogens is 518 g/mol. The molecular formula is C29H30ClN5S2. The van der Waals surface area contributed by atoms with Crippen molar-refractivity contribution in [3.8, 4) is 21.7 Å². The topological polar surface area (TPSA) is 63.1 Å². The molecule has 5 rings (SSSR count). The molecule has 4 aromatic rings. The van der Waals surface area contributed by atoms with Crippen molar-refractivity contribution in [2.24, 2.45) is 4.99 Å². The number of aromatic nitrogens is 3. The molecule has 0 amide bonds. The van der Waals surface area contributed by atoms with E-state index in [1.165, 1.54) is 5.57 Å². The van der Waals surface area contributed by atoms with Crippen molar-refractivity contribution in [1.82, 2.24) is 15.0 Å².